The van der Waals surface area contributed by atoms with Crippen LogP contribution in [0, 0.1) is 11.8 Å². The molecule has 2 aliphatic rings. The Morgan fingerprint density at radius 2 is 2.27 bits per heavy atom. The van der Waals surface area contributed by atoms with Crippen LogP contribution in [0.3, 0.4) is 0 Å². The highest BCUT2D eigenvalue weighted by Crippen LogP contribution is 2.30. The molecule has 3 nitrogen and oxygen atoms in total. The molecule has 15 heavy (non-hydrogen) atoms. The van der Waals surface area contributed by atoms with Gasteiger partial charge in [0, 0.05) is 18.0 Å². The fourth-order valence-electron chi connectivity index (χ4n) is 2.34. The third kappa shape index (κ3) is 2.94. The average Bonchev–Trinajstić information content (AvgIpc) is 2.85. The number of alkyl halides is 1. The lowest BCUT2D eigenvalue weighted by molar-refractivity contribution is -0.125. The van der Waals surface area contributed by atoms with Crippen molar-refractivity contribution in [1.82, 2.24) is 5.32 Å². The van der Waals surface area contributed by atoms with Crippen LogP contribution in [0.2, 0.25) is 0 Å². The number of amides is 1. The van der Waals surface area contributed by atoms with Crippen LogP contribution in [-0.4, -0.2) is 30.5 Å². The highest BCUT2D eigenvalue weighted by Gasteiger charge is 2.27. The van der Waals surface area contributed by atoms with Gasteiger partial charge in [-0.15, -0.1) is 0 Å². The fourth-order valence-corrected chi connectivity index (χ4v) is 3.11. The van der Waals surface area contributed by atoms with Gasteiger partial charge in [-0.1, -0.05) is 22.4 Å². The minimum absolute atomic E-state index is 0.0974. The Kier molecular flexibility index (Phi) is 4.03. The second-order valence-electron chi connectivity index (χ2n) is 4.51. The van der Waals surface area contributed by atoms with Crippen LogP contribution in [0.1, 0.15) is 25.7 Å². The van der Waals surface area contributed by atoms with Crippen molar-refractivity contribution in [3.63, 3.8) is 0 Å². The molecule has 1 N–H and O–H groups in total. The Morgan fingerprint density at radius 3 is 2.87 bits per heavy atom. The molecule has 86 valence electrons. The molecule has 3 atom stereocenters. The van der Waals surface area contributed by atoms with Gasteiger partial charge >= 0.3 is 0 Å². The van der Waals surface area contributed by atoms with Gasteiger partial charge in [-0.25, -0.2) is 0 Å². The Bertz CT molecular complexity index is 229. The van der Waals surface area contributed by atoms with E-state index in [1.807, 2.05) is 0 Å². The summed E-state index contributed by atoms with van der Waals surface area (Å²) in [7, 11) is 0. The molecular weight excluding hydrogens is 258 g/mol. The molecule has 1 heterocycles. The van der Waals surface area contributed by atoms with Gasteiger partial charge in [0.1, 0.15) is 0 Å². The molecule has 0 spiro atoms. The van der Waals surface area contributed by atoms with Gasteiger partial charge < -0.3 is 10.1 Å². The van der Waals surface area contributed by atoms with Crippen LogP contribution >= 0.6 is 15.9 Å². The van der Waals surface area contributed by atoms with E-state index in [2.05, 4.69) is 21.2 Å². The van der Waals surface area contributed by atoms with Gasteiger partial charge in [0.25, 0.3) is 0 Å². The lowest BCUT2D eigenvalue weighted by atomic mass is 10.1. The van der Waals surface area contributed by atoms with Crippen molar-refractivity contribution in [1.29, 1.82) is 0 Å². The summed E-state index contributed by atoms with van der Waals surface area (Å²) < 4.78 is 5.20. The topological polar surface area (TPSA) is 38.3 Å². The van der Waals surface area contributed by atoms with E-state index in [9.17, 15) is 4.79 Å². The first kappa shape index (κ1) is 11.4. The molecule has 4 heteroatoms. The Labute approximate surface area is 99.1 Å². The van der Waals surface area contributed by atoms with Crippen LogP contribution in [0.5, 0.6) is 0 Å². The molecule has 0 radical (unpaired) electrons. The van der Waals surface area contributed by atoms with E-state index in [1.54, 1.807) is 0 Å². The largest absolute Gasteiger partial charge is 0.381 e. The van der Waals surface area contributed by atoms with E-state index in [0.717, 1.165) is 19.6 Å². The van der Waals surface area contributed by atoms with Crippen LogP contribution in [0.25, 0.3) is 0 Å². The maximum atomic E-state index is 11.7. The number of hydrogen-bond acceptors (Lipinski definition) is 2. The number of halogens is 1. The van der Waals surface area contributed by atoms with Crippen molar-refractivity contribution in [3.05, 3.63) is 0 Å². The summed E-state index contributed by atoms with van der Waals surface area (Å²) in [6.45, 7) is 2.17. The number of carbonyl (C=O) groups is 1. The van der Waals surface area contributed by atoms with Gasteiger partial charge in [-0.05, 0) is 25.2 Å². The average molecular weight is 276 g/mol. The van der Waals surface area contributed by atoms with Crippen molar-refractivity contribution < 1.29 is 9.53 Å². The Morgan fingerprint density at radius 1 is 1.40 bits per heavy atom. The number of rotatable bonds is 3. The van der Waals surface area contributed by atoms with E-state index in [1.165, 1.54) is 19.3 Å². The molecule has 2 fully saturated rings. The standard InChI is InChI=1S/C11H18BrNO2/c12-10-3-1-2-8(10)6-13-11(14)9-4-5-15-7-9/h8-10H,1-7H2,(H,13,14). The summed E-state index contributed by atoms with van der Waals surface area (Å²) in [6, 6.07) is 0. The minimum Gasteiger partial charge on any atom is -0.381 e. The summed E-state index contributed by atoms with van der Waals surface area (Å²) in [5.41, 5.74) is 0. The smallest absolute Gasteiger partial charge is 0.225 e. The minimum atomic E-state index is 0.0974. The first-order valence-electron chi connectivity index (χ1n) is 5.77. The predicted octanol–water partition coefficient (Wildman–Crippen LogP) is 1.70. The van der Waals surface area contributed by atoms with Gasteiger partial charge in [0.05, 0.1) is 12.5 Å². The normalized spacial score (nSPS) is 35.7. The molecule has 1 aliphatic carbocycles. The van der Waals surface area contributed by atoms with E-state index >= 15 is 0 Å². The van der Waals surface area contributed by atoms with E-state index in [-0.39, 0.29) is 11.8 Å². The first-order chi connectivity index (χ1) is 7.27. The van der Waals surface area contributed by atoms with E-state index < -0.39 is 0 Å². The second-order valence-corrected chi connectivity index (χ2v) is 5.69. The fraction of sp³-hybridized carbons (Fsp3) is 0.909. The lowest BCUT2D eigenvalue weighted by Crippen LogP contribution is -2.35. The first-order valence-corrected chi connectivity index (χ1v) is 6.68. The molecule has 1 saturated heterocycles. The molecular formula is C11H18BrNO2. The number of hydrogen-bond donors (Lipinski definition) is 1. The van der Waals surface area contributed by atoms with Crippen molar-refractivity contribution in [2.24, 2.45) is 11.8 Å². The lowest BCUT2D eigenvalue weighted by Gasteiger charge is -2.16. The Balaban J connectivity index is 1.70. The number of carbonyl (C=O) groups excluding carboxylic acids is 1. The molecule has 1 saturated carbocycles. The molecule has 0 aromatic heterocycles. The quantitative estimate of drug-likeness (QED) is 0.797. The summed E-state index contributed by atoms with van der Waals surface area (Å²) in [5.74, 6) is 0.899. The SMILES string of the molecule is O=C(NCC1CCCC1Br)C1CCOC1. The molecule has 3 unspecified atom stereocenters. The molecule has 0 bridgehead atoms. The van der Waals surface area contributed by atoms with Gasteiger partial charge in [-0.2, -0.15) is 0 Å². The third-order valence-electron chi connectivity index (χ3n) is 3.41. The highest BCUT2D eigenvalue weighted by atomic mass is 79.9. The van der Waals surface area contributed by atoms with Gasteiger partial charge in [-0.3, -0.25) is 4.79 Å². The maximum absolute atomic E-state index is 11.7. The summed E-state index contributed by atoms with van der Waals surface area (Å²) in [4.78, 5) is 12.3. The zero-order valence-corrected chi connectivity index (χ0v) is 10.5. The van der Waals surface area contributed by atoms with Crippen molar-refractivity contribution in [3.8, 4) is 0 Å². The molecule has 2 rings (SSSR count). The van der Waals surface area contributed by atoms with E-state index in [0.29, 0.717) is 17.4 Å². The van der Waals surface area contributed by atoms with E-state index in [4.69, 9.17) is 4.74 Å². The zero-order valence-electron chi connectivity index (χ0n) is 8.88. The van der Waals surface area contributed by atoms with Crippen LogP contribution in [0.15, 0.2) is 0 Å². The van der Waals surface area contributed by atoms with Crippen LogP contribution < -0.4 is 5.32 Å². The predicted molar refractivity (Wildman–Crippen MR) is 62.0 cm³/mol. The molecule has 1 aliphatic heterocycles. The Hall–Kier alpha value is -0.0900. The second kappa shape index (κ2) is 5.30. The molecule has 1 amide bonds. The van der Waals surface area contributed by atoms with Crippen molar-refractivity contribution >= 4 is 21.8 Å². The zero-order chi connectivity index (χ0) is 10.7. The van der Waals surface area contributed by atoms with Gasteiger partial charge in [0.2, 0.25) is 5.91 Å². The number of ether oxygens (including phenoxy) is 1. The summed E-state index contributed by atoms with van der Waals surface area (Å²) in [5, 5.41) is 3.05. The third-order valence-corrected chi connectivity index (χ3v) is 4.61. The highest BCUT2D eigenvalue weighted by molar-refractivity contribution is 9.09. The van der Waals surface area contributed by atoms with Gasteiger partial charge in [0.15, 0.2) is 0 Å². The summed E-state index contributed by atoms with van der Waals surface area (Å²) in [6.07, 6.45) is 4.64. The summed E-state index contributed by atoms with van der Waals surface area (Å²) >= 11 is 3.66. The monoisotopic (exact) mass is 275 g/mol. The molecule has 0 aromatic rings. The van der Waals surface area contributed by atoms with Crippen molar-refractivity contribution in [2.75, 3.05) is 19.8 Å². The number of nitrogens with one attached hydrogen (secondary N) is 1. The maximum Gasteiger partial charge on any atom is 0.225 e. The van der Waals surface area contributed by atoms with Crippen LogP contribution in [0.4, 0.5) is 0 Å². The van der Waals surface area contributed by atoms with Crippen LogP contribution in [-0.2, 0) is 9.53 Å². The molecule has 0 aromatic carbocycles. The van der Waals surface area contributed by atoms with Crippen molar-refractivity contribution in [2.45, 2.75) is 30.5 Å².